The second-order valence-electron chi connectivity index (χ2n) is 6.18. The summed E-state index contributed by atoms with van der Waals surface area (Å²) in [6.07, 6.45) is 2.68. The van der Waals surface area contributed by atoms with E-state index in [1.54, 1.807) is 25.5 Å². The van der Waals surface area contributed by atoms with Crippen LogP contribution in [-0.4, -0.2) is 22.1 Å². The van der Waals surface area contributed by atoms with Crippen molar-refractivity contribution >= 4 is 11.6 Å². The predicted octanol–water partition coefficient (Wildman–Crippen LogP) is 4.02. The van der Waals surface area contributed by atoms with Crippen molar-refractivity contribution in [2.24, 2.45) is 0 Å². The smallest absolute Gasteiger partial charge is 0.132 e. The molecule has 27 heavy (non-hydrogen) atoms. The molecule has 0 radical (unpaired) electrons. The molecule has 0 fully saturated rings. The van der Waals surface area contributed by atoms with E-state index in [9.17, 15) is 5.11 Å². The Balaban J connectivity index is 2.08. The fraction of sp³-hybridized carbons (Fsp3) is 0.182. The summed E-state index contributed by atoms with van der Waals surface area (Å²) in [6.45, 7) is 3.87. The van der Waals surface area contributed by atoms with Gasteiger partial charge in [0.25, 0.3) is 0 Å². The largest absolute Gasteiger partial charge is 0.374 e. The minimum Gasteiger partial charge on any atom is -0.374 e. The fourth-order valence-electron chi connectivity index (χ4n) is 2.72. The van der Waals surface area contributed by atoms with Gasteiger partial charge in [-0.3, -0.25) is 15.3 Å². The van der Waals surface area contributed by atoms with Gasteiger partial charge in [0.1, 0.15) is 6.23 Å². The summed E-state index contributed by atoms with van der Waals surface area (Å²) in [7, 11) is 1.68. The van der Waals surface area contributed by atoms with Crippen LogP contribution < -0.4 is 5.32 Å². The van der Waals surface area contributed by atoms with Crippen molar-refractivity contribution in [3.05, 3.63) is 81.9 Å². The summed E-state index contributed by atoms with van der Waals surface area (Å²) < 4.78 is 0. The van der Waals surface area contributed by atoms with Gasteiger partial charge < -0.3 is 5.11 Å². The molecule has 3 rings (SSSR count). The van der Waals surface area contributed by atoms with Gasteiger partial charge in [-0.1, -0.05) is 29.5 Å². The zero-order valence-corrected chi connectivity index (χ0v) is 16.2. The number of hydrogen-bond donors (Lipinski definition) is 2. The second kappa shape index (κ2) is 8.32. The van der Waals surface area contributed by atoms with Gasteiger partial charge in [-0.05, 0) is 56.8 Å². The Bertz CT molecular complexity index is 1020. The lowest BCUT2D eigenvalue weighted by Gasteiger charge is -2.14. The van der Waals surface area contributed by atoms with E-state index < -0.39 is 6.23 Å². The molecule has 2 N–H and O–H groups in total. The second-order valence-corrected chi connectivity index (χ2v) is 6.59. The van der Waals surface area contributed by atoms with E-state index in [1.165, 1.54) is 0 Å². The Hall–Kier alpha value is -2.71. The van der Waals surface area contributed by atoms with E-state index in [0.29, 0.717) is 10.6 Å². The first-order valence-electron chi connectivity index (χ1n) is 8.55. The van der Waals surface area contributed by atoms with Crippen LogP contribution in [0.2, 0.25) is 5.02 Å². The Morgan fingerprint density at radius 2 is 1.89 bits per heavy atom. The topological polar surface area (TPSA) is 58.0 Å². The molecular weight excluding hydrogens is 358 g/mol. The summed E-state index contributed by atoms with van der Waals surface area (Å²) in [4.78, 5) is 8.65. The minimum absolute atomic E-state index is 0.504. The van der Waals surface area contributed by atoms with Crippen molar-refractivity contribution in [3.8, 4) is 23.0 Å². The first-order valence-corrected chi connectivity index (χ1v) is 8.93. The van der Waals surface area contributed by atoms with Gasteiger partial charge in [-0.15, -0.1) is 0 Å². The van der Waals surface area contributed by atoms with Gasteiger partial charge in [-0.25, -0.2) is 0 Å². The van der Waals surface area contributed by atoms with Crippen molar-refractivity contribution < 1.29 is 5.11 Å². The number of aliphatic hydroxyl groups is 1. The van der Waals surface area contributed by atoms with Crippen molar-refractivity contribution in [1.82, 2.24) is 15.3 Å². The lowest BCUT2D eigenvalue weighted by Crippen LogP contribution is -2.15. The molecule has 3 aromatic rings. The molecular formula is C22H20ClN3O. The van der Waals surface area contributed by atoms with Crippen LogP contribution in [0.1, 0.15) is 34.3 Å². The number of hydrogen-bond acceptors (Lipinski definition) is 4. The Morgan fingerprint density at radius 1 is 1.07 bits per heavy atom. The van der Waals surface area contributed by atoms with Crippen molar-refractivity contribution in [2.75, 3.05) is 7.05 Å². The van der Waals surface area contributed by atoms with Gasteiger partial charge in [0.2, 0.25) is 0 Å². The van der Waals surface area contributed by atoms with Crippen LogP contribution in [0.3, 0.4) is 0 Å². The molecule has 0 saturated heterocycles. The van der Waals surface area contributed by atoms with Crippen molar-refractivity contribution in [1.29, 1.82) is 0 Å². The minimum atomic E-state index is -0.839. The number of rotatable bonds is 3. The first-order chi connectivity index (χ1) is 13.0. The van der Waals surface area contributed by atoms with Crippen LogP contribution in [-0.2, 0) is 0 Å². The van der Waals surface area contributed by atoms with Crippen LogP contribution >= 0.6 is 11.6 Å². The number of aromatic nitrogens is 2. The van der Waals surface area contributed by atoms with Crippen LogP contribution in [0.5, 0.6) is 0 Å². The summed E-state index contributed by atoms with van der Waals surface area (Å²) in [5, 5.41) is 13.4. The lowest BCUT2D eigenvalue weighted by atomic mass is 9.97. The lowest BCUT2D eigenvalue weighted by molar-refractivity contribution is 0.149. The molecule has 2 aromatic heterocycles. The van der Waals surface area contributed by atoms with Crippen LogP contribution in [0.4, 0.5) is 0 Å². The maximum Gasteiger partial charge on any atom is 0.132 e. The number of aliphatic hydroxyl groups excluding tert-OH is 1. The SMILES string of the molecule is CNC(O)c1cc(-c2ccnc(C)c2C#Cc2ccc(C)nc2)ccc1Cl. The molecule has 1 unspecified atom stereocenters. The van der Waals surface area contributed by atoms with Crippen molar-refractivity contribution in [3.63, 3.8) is 0 Å². The van der Waals surface area contributed by atoms with E-state index >= 15 is 0 Å². The summed E-state index contributed by atoms with van der Waals surface area (Å²) in [5.41, 5.74) is 5.95. The molecule has 5 heteroatoms. The van der Waals surface area contributed by atoms with E-state index in [0.717, 1.165) is 33.6 Å². The number of aryl methyl sites for hydroxylation is 2. The van der Waals surface area contributed by atoms with Crippen LogP contribution in [0.25, 0.3) is 11.1 Å². The van der Waals surface area contributed by atoms with Crippen LogP contribution in [0.15, 0.2) is 48.8 Å². The van der Waals surface area contributed by atoms with E-state index in [-0.39, 0.29) is 0 Å². The maximum atomic E-state index is 10.1. The third-order valence-electron chi connectivity index (χ3n) is 4.26. The van der Waals surface area contributed by atoms with E-state index in [1.807, 2.05) is 44.2 Å². The highest BCUT2D eigenvalue weighted by atomic mass is 35.5. The molecule has 0 saturated carbocycles. The number of pyridine rings is 2. The molecule has 0 aliphatic carbocycles. The molecule has 4 nitrogen and oxygen atoms in total. The highest BCUT2D eigenvalue weighted by Crippen LogP contribution is 2.30. The Morgan fingerprint density at radius 3 is 2.59 bits per heavy atom. The average Bonchev–Trinajstić information content (AvgIpc) is 2.68. The first kappa shape index (κ1) is 19.1. The molecule has 0 aliphatic rings. The molecule has 136 valence electrons. The van der Waals surface area contributed by atoms with Gasteiger partial charge in [-0.2, -0.15) is 0 Å². The standard InChI is InChI=1S/C22H20ClN3O/c1-14-4-5-16(13-26-14)6-8-18-15(2)25-11-10-19(18)17-7-9-21(23)20(12-17)22(27)24-3/h4-5,7,9-13,22,24,27H,1-3H3. The highest BCUT2D eigenvalue weighted by Gasteiger charge is 2.13. The molecule has 2 heterocycles. The number of nitrogens with zero attached hydrogens (tertiary/aromatic N) is 2. The zero-order valence-electron chi connectivity index (χ0n) is 15.4. The molecule has 0 spiro atoms. The molecule has 0 bridgehead atoms. The number of nitrogens with one attached hydrogen (secondary N) is 1. The molecule has 0 aliphatic heterocycles. The summed E-state index contributed by atoms with van der Waals surface area (Å²) in [5.74, 6) is 6.39. The van der Waals surface area contributed by atoms with E-state index in [2.05, 4.69) is 27.1 Å². The summed E-state index contributed by atoms with van der Waals surface area (Å²) >= 11 is 6.24. The molecule has 0 amide bonds. The predicted molar refractivity (Wildman–Crippen MR) is 108 cm³/mol. The third kappa shape index (κ3) is 4.35. The Labute approximate surface area is 164 Å². The van der Waals surface area contributed by atoms with E-state index in [4.69, 9.17) is 11.6 Å². The highest BCUT2D eigenvalue weighted by molar-refractivity contribution is 6.31. The summed E-state index contributed by atoms with van der Waals surface area (Å²) in [6, 6.07) is 11.4. The number of benzene rings is 1. The van der Waals surface area contributed by atoms with Gasteiger partial charge >= 0.3 is 0 Å². The van der Waals surface area contributed by atoms with Crippen LogP contribution in [0, 0.1) is 25.7 Å². The molecule has 1 atom stereocenters. The van der Waals surface area contributed by atoms with Gasteiger partial charge in [0, 0.05) is 39.8 Å². The van der Waals surface area contributed by atoms with Crippen molar-refractivity contribution in [2.45, 2.75) is 20.1 Å². The quantitative estimate of drug-likeness (QED) is 0.534. The molecule has 1 aromatic carbocycles. The number of halogens is 1. The van der Waals surface area contributed by atoms with Gasteiger partial charge in [0.15, 0.2) is 0 Å². The zero-order chi connectivity index (χ0) is 19.4. The maximum absolute atomic E-state index is 10.1. The fourth-order valence-corrected chi connectivity index (χ4v) is 2.94. The third-order valence-corrected chi connectivity index (χ3v) is 4.60. The Kier molecular flexibility index (Phi) is 5.88. The normalized spacial score (nSPS) is 11.6. The monoisotopic (exact) mass is 377 g/mol. The van der Waals surface area contributed by atoms with Gasteiger partial charge in [0.05, 0.1) is 11.3 Å². The average molecular weight is 378 g/mol.